The van der Waals surface area contributed by atoms with E-state index in [9.17, 15) is 0 Å². The van der Waals surface area contributed by atoms with Crippen LogP contribution in [0.4, 0.5) is 0 Å². The number of nitrogens with two attached hydrogens (primary N) is 1. The first-order valence-electron chi connectivity index (χ1n) is 4.96. The summed E-state index contributed by atoms with van der Waals surface area (Å²) in [5, 5.41) is 6.57. The van der Waals surface area contributed by atoms with Gasteiger partial charge in [-0.25, -0.2) is 9.50 Å². The van der Waals surface area contributed by atoms with Gasteiger partial charge in [0.15, 0.2) is 5.65 Å². The van der Waals surface area contributed by atoms with Gasteiger partial charge in [-0.15, -0.1) is 11.3 Å². The normalized spacial score (nSPS) is 11.1. The second-order valence-corrected chi connectivity index (χ2v) is 4.37. The van der Waals surface area contributed by atoms with E-state index in [2.05, 4.69) is 16.1 Å². The van der Waals surface area contributed by atoms with Crippen LogP contribution in [0.5, 0.6) is 0 Å². The number of hydrogen-bond acceptors (Lipinski definition) is 4. The zero-order valence-corrected chi connectivity index (χ0v) is 9.31. The molecule has 0 bridgehead atoms. The van der Waals surface area contributed by atoms with E-state index in [4.69, 9.17) is 5.73 Å². The first kappa shape index (κ1) is 9.50. The quantitative estimate of drug-likeness (QED) is 0.731. The largest absolute Gasteiger partial charge is 0.325 e. The molecule has 0 aliphatic carbocycles. The van der Waals surface area contributed by atoms with Gasteiger partial charge in [0.05, 0.1) is 16.8 Å². The molecule has 0 saturated carbocycles. The van der Waals surface area contributed by atoms with Crippen molar-refractivity contribution in [2.24, 2.45) is 5.73 Å². The number of fused-ring (bicyclic) bond motifs is 1. The lowest BCUT2D eigenvalue weighted by molar-refractivity contribution is 0.850. The Balaban J connectivity index is 2.21. The molecule has 0 aliphatic heterocycles. The predicted octanol–water partition coefficient (Wildman–Crippen LogP) is 1.92. The predicted molar refractivity (Wildman–Crippen MR) is 64.2 cm³/mol. The highest BCUT2D eigenvalue weighted by Gasteiger charge is 2.05. The lowest BCUT2D eigenvalue weighted by atomic mass is 10.3. The topological polar surface area (TPSA) is 56.2 Å². The molecule has 0 unspecified atom stereocenters. The molecule has 0 fully saturated rings. The van der Waals surface area contributed by atoms with Crippen LogP contribution in [0.2, 0.25) is 0 Å². The summed E-state index contributed by atoms with van der Waals surface area (Å²) in [6.45, 7) is 0.446. The Hall–Kier alpha value is -1.72. The molecule has 3 aromatic heterocycles. The molecule has 0 aromatic carbocycles. The summed E-state index contributed by atoms with van der Waals surface area (Å²) >= 11 is 1.67. The van der Waals surface area contributed by atoms with Crippen molar-refractivity contribution in [3.63, 3.8) is 0 Å². The van der Waals surface area contributed by atoms with E-state index in [0.717, 1.165) is 21.9 Å². The van der Waals surface area contributed by atoms with Crippen molar-refractivity contribution < 1.29 is 0 Å². The molecule has 3 heterocycles. The van der Waals surface area contributed by atoms with Crippen LogP contribution in [0.1, 0.15) is 5.69 Å². The number of hydrogen-bond donors (Lipinski definition) is 1. The van der Waals surface area contributed by atoms with Gasteiger partial charge in [-0.1, -0.05) is 6.07 Å². The van der Waals surface area contributed by atoms with E-state index in [1.165, 1.54) is 0 Å². The van der Waals surface area contributed by atoms with Gasteiger partial charge in [-0.2, -0.15) is 5.10 Å². The minimum Gasteiger partial charge on any atom is -0.325 e. The summed E-state index contributed by atoms with van der Waals surface area (Å²) in [5.41, 5.74) is 8.34. The summed E-state index contributed by atoms with van der Waals surface area (Å²) in [5.74, 6) is 0. The zero-order chi connectivity index (χ0) is 11.0. The Morgan fingerprint density at radius 3 is 3.00 bits per heavy atom. The summed E-state index contributed by atoms with van der Waals surface area (Å²) < 4.78 is 1.80. The Bertz CT molecular complexity index is 612. The van der Waals surface area contributed by atoms with Gasteiger partial charge in [-0.05, 0) is 23.6 Å². The molecule has 5 heteroatoms. The fraction of sp³-hybridized carbons (Fsp3) is 0.0909. The zero-order valence-electron chi connectivity index (χ0n) is 8.50. The molecular formula is C11H10N4S. The fourth-order valence-electron chi connectivity index (χ4n) is 1.62. The maximum absolute atomic E-state index is 5.63. The molecule has 0 radical (unpaired) electrons. The highest BCUT2D eigenvalue weighted by Crippen LogP contribution is 2.22. The molecule has 0 atom stereocenters. The molecule has 3 rings (SSSR count). The van der Waals surface area contributed by atoms with Crippen LogP contribution in [0.15, 0.2) is 35.8 Å². The van der Waals surface area contributed by atoms with Gasteiger partial charge in [0, 0.05) is 6.54 Å². The Labute approximate surface area is 96.4 Å². The SMILES string of the molecule is NCc1cnc2ccc(-c3cccs3)nn12. The van der Waals surface area contributed by atoms with Crippen LogP contribution in [0.25, 0.3) is 16.2 Å². The molecule has 0 spiro atoms. The third kappa shape index (κ3) is 1.41. The average molecular weight is 230 g/mol. The second kappa shape index (κ2) is 3.70. The maximum Gasteiger partial charge on any atom is 0.153 e. The van der Waals surface area contributed by atoms with E-state index < -0.39 is 0 Å². The van der Waals surface area contributed by atoms with Crippen molar-refractivity contribution in [3.05, 3.63) is 41.5 Å². The van der Waals surface area contributed by atoms with Gasteiger partial charge in [-0.3, -0.25) is 0 Å². The van der Waals surface area contributed by atoms with Crippen LogP contribution < -0.4 is 5.73 Å². The lowest BCUT2D eigenvalue weighted by Gasteiger charge is -2.00. The van der Waals surface area contributed by atoms with Crippen LogP contribution in [-0.2, 0) is 6.54 Å². The molecule has 0 aliphatic rings. The molecular weight excluding hydrogens is 220 g/mol. The van der Waals surface area contributed by atoms with E-state index in [-0.39, 0.29) is 0 Å². The molecule has 0 amide bonds. The second-order valence-electron chi connectivity index (χ2n) is 3.42. The van der Waals surface area contributed by atoms with E-state index in [0.29, 0.717) is 6.54 Å². The maximum atomic E-state index is 5.63. The minimum atomic E-state index is 0.446. The van der Waals surface area contributed by atoms with E-state index in [1.54, 1.807) is 22.0 Å². The highest BCUT2D eigenvalue weighted by molar-refractivity contribution is 7.13. The number of imidazole rings is 1. The van der Waals surface area contributed by atoms with Crippen molar-refractivity contribution in [2.75, 3.05) is 0 Å². The van der Waals surface area contributed by atoms with Crippen molar-refractivity contribution in [1.82, 2.24) is 14.6 Å². The third-order valence-electron chi connectivity index (χ3n) is 2.42. The first-order chi connectivity index (χ1) is 7.88. The first-order valence-corrected chi connectivity index (χ1v) is 5.84. The highest BCUT2D eigenvalue weighted by atomic mass is 32.1. The molecule has 2 N–H and O–H groups in total. The monoisotopic (exact) mass is 230 g/mol. The van der Waals surface area contributed by atoms with Crippen molar-refractivity contribution in [1.29, 1.82) is 0 Å². The van der Waals surface area contributed by atoms with E-state index in [1.807, 2.05) is 23.6 Å². The number of rotatable bonds is 2. The van der Waals surface area contributed by atoms with Gasteiger partial charge in [0.2, 0.25) is 0 Å². The van der Waals surface area contributed by atoms with Crippen LogP contribution in [0, 0.1) is 0 Å². The van der Waals surface area contributed by atoms with Crippen LogP contribution in [-0.4, -0.2) is 14.6 Å². The Morgan fingerprint density at radius 1 is 1.31 bits per heavy atom. The summed E-state index contributed by atoms with van der Waals surface area (Å²) in [7, 11) is 0. The van der Waals surface area contributed by atoms with Crippen molar-refractivity contribution >= 4 is 17.0 Å². The summed E-state index contributed by atoms with van der Waals surface area (Å²) in [4.78, 5) is 5.39. The molecule has 4 nitrogen and oxygen atoms in total. The van der Waals surface area contributed by atoms with Crippen molar-refractivity contribution in [3.8, 4) is 10.6 Å². The fourth-order valence-corrected chi connectivity index (χ4v) is 2.31. The Kier molecular flexibility index (Phi) is 2.19. The lowest BCUT2D eigenvalue weighted by Crippen LogP contribution is -2.03. The summed E-state index contributed by atoms with van der Waals surface area (Å²) in [6, 6.07) is 8.01. The third-order valence-corrected chi connectivity index (χ3v) is 3.31. The number of aromatic nitrogens is 3. The average Bonchev–Trinajstić information content (AvgIpc) is 2.97. The van der Waals surface area contributed by atoms with Gasteiger partial charge in [0.25, 0.3) is 0 Å². The van der Waals surface area contributed by atoms with Gasteiger partial charge >= 0.3 is 0 Å². The molecule has 80 valence electrons. The molecule has 3 aromatic rings. The standard InChI is InChI=1S/C11H10N4S/c12-6-8-7-13-11-4-3-9(14-15(8)11)10-2-1-5-16-10/h1-5,7H,6,12H2. The summed E-state index contributed by atoms with van der Waals surface area (Å²) in [6.07, 6.45) is 1.76. The van der Waals surface area contributed by atoms with Crippen molar-refractivity contribution in [2.45, 2.75) is 6.54 Å². The minimum absolute atomic E-state index is 0.446. The van der Waals surface area contributed by atoms with Gasteiger partial charge < -0.3 is 5.73 Å². The number of nitrogens with zero attached hydrogens (tertiary/aromatic N) is 3. The van der Waals surface area contributed by atoms with Gasteiger partial charge in [0.1, 0.15) is 5.69 Å². The Morgan fingerprint density at radius 2 is 2.25 bits per heavy atom. The van der Waals surface area contributed by atoms with Crippen LogP contribution >= 0.6 is 11.3 Å². The smallest absolute Gasteiger partial charge is 0.153 e. The number of thiophene rings is 1. The molecule has 0 saturated heterocycles. The molecule has 16 heavy (non-hydrogen) atoms. The van der Waals surface area contributed by atoms with Crippen LogP contribution in [0.3, 0.4) is 0 Å². The van der Waals surface area contributed by atoms with E-state index >= 15 is 0 Å².